The monoisotopic (exact) mass is 376 g/mol. The molecule has 4 heterocycles. The van der Waals surface area contributed by atoms with Crippen LogP contribution in [0.2, 0.25) is 0 Å². The van der Waals surface area contributed by atoms with Crippen molar-refractivity contribution >= 4 is 17.7 Å². The molecule has 1 N–H and O–H groups in total. The van der Waals surface area contributed by atoms with Crippen molar-refractivity contribution < 1.29 is 4.79 Å². The summed E-state index contributed by atoms with van der Waals surface area (Å²) in [5.74, 6) is 1.23. The van der Waals surface area contributed by atoms with Crippen molar-refractivity contribution in [3.8, 4) is 0 Å². The van der Waals surface area contributed by atoms with E-state index in [4.69, 9.17) is 0 Å². The molecule has 1 fully saturated rings. The molecule has 0 aromatic carbocycles. The Labute approximate surface area is 162 Å². The molecule has 0 saturated carbocycles. The Hall–Kier alpha value is -3.62. The maximum Gasteiger partial charge on any atom is 0.270 e. The standard InChI is InChI=1S/C19H20N8O/c28-18(23-13-15-4-1-2-5-20-15)16-12-17(25-14-24-16)26-8-10-27(11-9-26)19-21-6-3-7-22-19/h1-7,12,14H,8-11,13H2,(H,23,28). The predicted octanol–water partition coefficient (Wildman–Crippen LogP) is 0.918. The van der Waals surface area contributed by atoms with Gasteiger partial charge in [-0.1, -0.05) is 6.07 Å². The van der Waals surface area contributed by atoms with Crippen LogP contribution < -0.4 is 15.1 Å². The fraction of sp³-hybridized carbons (Fsp3) is 0.263. The number of aromatic nitrogens is 5. The number of amides is 1. The molecule has 1 aliphatic heterocycles. The Morgan fingerprint density at radius 2 is 1.64 bits per heavy atom. The highest BCUT2D eigenvalue weighted by Gasteiger charge is 2.20. The van der Waals surface area contributed by atoms with Gasteiger partial charge in [0.2, 0.25) is 5.95 Å². The number of nitrogens with one attached hydrogen (secondary N) is 1. The maximum absolute atomic E-state index is 12.4. The lowest BCUT2D eigenvalue weighted by atomic mass is 10.3. The van der Waals surface area contributed by atoms with Crippen LogP contribution in [0.1, 0.15) is 16.2 Å². The van der Waals surface area contributed by atoms with Gasteiger partial charge in [-0.05, 0) is 18.2 Å². The molecular formula is C19H20N8O. The van der Waals surface area contributed by atoms with Crippen LogP contribution in [0.25, 0.3) is 0 Å². The second-order valence-corrected chi connectivity index (χ2v) is 6.29. The van der Waals surface area contributed by atoms with Gasteiger partial charge in [0.1, 0.15) is 17.8 Å². The van der Waals surface area contributed by atoms with Crippen LogP contribution in [0.4, 0.5) is 11.8 Å². The van der Waals surface area contributed by atoms with Crippen molar-refractivity contribution in [1.82, 2.24) is 30.2 Å². The summed E-state index contributed by atoms with van der Waals surface area (Å²) in [6, 6.07) is 9.12. The highest BCUT2D eigenvalue weighted by molar-refractivity contribution is 5.92. The summed E-state index contributed by atoms with van der Waals surface area (Å²) in [5, 5.41) is 2.84. The van der Waals surface area contributed by atoms with Crippen LogP contribution in [-0.4, -0.2) is 57.0 Å². The van der Waals surface area contributed by atoms with E-state index in [0.717, 1.165) is 43.6 Å². The zero-order valence-electron chi connectivity index (χ0n) is 15.3. The van der Waals surface area contributed by atoms with Crippen LogP contribution in [0.5, 0.6) is 0 Å². The molecule has 3 aromatic rings. The highest BCUT2D eigenvalue weighted by Crippen LogP contribution is 2.16. The van der Waals surface area contributed by atoms with Crippen LogP contribution in [-0.2, 0) is 6.54 Å². The first kappa shape index (κ1) is 17.8. The second kappa shape index (κ2) is 8.38. The summed E-state index contributed by atoms with van der Waals surface area (Å²) < 4.78 is 0. The van der Waals surface area contributed by atoms with Crippen LogP contribution in [0.3, 0.4) is 0 Å². The van der Waals surface area contributed by atoms with E-state index in [0.29, 0.717) is 12.2 Å². The van der Waals surface area contributed by atoms with Gasteiger partial charge in [-0.3, -0.25) is 9.78 Å². The van der Waals surface area contributed by atoms with E-state index in [-0.39, 0.29) is 5.91 Å². The molecule has 4 rings (SSSR count). The van der Waals surface area contributed by atoms with Gasteiger partial charge in [-0.25, -0.2) is 19.9 Å². The Kier molecular flexibility index (Phi) is 5.32. The number of piperazine rings is 1. The van der Waals surface area contributed by atoms with Gasteiger partial charge in [0.15, 0.2) is 0 Å². The largest absolute Gasteiger partial charge is 0.353 e. The number of nitrogens with zero attached hydrogens (tertiary/aromatic N) is 7. The molecule has 0 radical (unpaired) electrons. The van der Waals surface area contributed by atoms with Crippen molar-refractivity contribution in [3.05, 3.63) is 66.6 Å². The van der Waals surface area contributed by atoms with E-state index in [1.807, 2.05) is 18.2 Å². The molecule has 1 amide bonds. The van der Waals surface area contributed by atoms with Gasteiger partial charge >= 0.3 is 0 Å². The first-order valence-electron chi connectivity index (χ1n) is 9.07. The van der Waals surface area contributed by atoms with E-state index >= 15 is 0 Å². The molecule has 0 spiro atoms. The van der Waals surface area contributed by atoms with Gasteiger partial charge in [-0.2, -0.15) is 0 Å². The molecule has 9 nitrogen and oxygen atoms in total. The molecule has 0 bridgehead atoms. The van der Waals surface area contributed by atoms with Gasteiger partial charge in [0, 0.05) is 50.8 Å². The Bertz CT molecular complexity index is 913. The number of hydrogen-bond donors (Lipinski definition) is 1. The quantitative estimate of drug-likeness (QED) is 0.702. The summed E-state index contributed by atoms with van der Waals surface area (Å²) in [7, 11) is 0. The number of pyridine rings is 1. The molecular weight excluding hydrogens is 356 g/mol. The number of rotatable bonds is 5. The average molecular weight is 376 g/mol. The molecule has 28 heavy (non-hydrogen) atoms. The fourth-order valence-electron chi connectivity index (χ4n) is 3.00. The lowest BCUT2D eigenvalue weighted by Gasteiger charge is -2.35. The molecule has 3 aromatic heterocycles. The first-order chi connectivity index (χ1) is 13.8. The number of carbonyl (C=O) groups excluding carboxylic acids is 1. The third-order valence-corrected chi connectivity index (χ3v) is 4.48. The molecule has 1 aliphatic rings. The van der Waals surface area contributed by atoms with Crippen molar-refractivity contribution in [2.45, 2.75) is 6.54 Å². The third-order valence-electron chi connectivity index (χ3n) is 4.48. The lowest BCUT2D eigenvalue weighted by Crippen LogP contribution is -2.47. The van der Waals surface area contributed by atoms with E-state index in [9.17, 15) is 4.79 Å². The maximum atomic E-state index is 12.4. The zero-order chi connectivity index (χ0) is 19.2. The van der Waals surface area contributed by atoms with Crippen LogP contribution >= 0.6 is 0 Å². The van der Waals surface area contributed by atoms with Gasteiger partial charge in [0.05, 0.1) is 12.2 Å². The minimum Gasteiger partial charge on any atom is -0.353 e. The normalized spacial score (nSPS) is 14.0. The lowest BCUT2D eigenvalue weighted by molar-refractivity contribution is 0.0945. The smallest absolute Gasteiger partial charge is 0.270 e. The first-order valence-corrected chi connectivity index (χ1v) is 9.07. The molecule has 9 heteroatoms. The molecule has 0 aliphatic carbocycles. The zero-order valence-corrected chi connectivity index (χ0v) is 15.3. The van der Waals surface area contributed by atoms with Gasteiger partial charge in [-0.15, -0.1) is 0 Å². The van der Waals surface area contributed by atoms with Crippen LogP contribution in [0, 0.1) is 0 Å². The van der Waals surface area contributed by atoms with Gasteiger partial charge < -0.3 is 15.1 Å². The summed E-state index contributed by atoms with van der Waals surface area (Å²) >= 11 is 0. The average Bonchev–Trinajstić information content (AvgIpc) is 2.79. The molecule has 142 valence electrons. The number of carbonyl (C=O) groups is 1. The minimum absolute atomic E-state index is 0.245. The van der Waals surface area contributed by atoms with Crippen molar-refractivity contribution in [2.24, 2.45) is 0 Å². The van der Waals surface area contributed by atoms with E-state index in [1.54, 1.807) is 30.7 Å². The second-order valence-electron chi connectivity index (χ2n) is 6.29. The minimum atomic E-state index is -0.245. The Morgan fingerprint density at radius 3 is 2.39 bits per heavy atom. The fourth-order valence-corrected chi connectivity index (χ4v) is 3.00. The van der Waals surface area contributed by atoms with Crippen molar-refractivity contribution in [3.63, 3.8) is 0 Å². The van der Waals surface area contributed by atoms with E-state index in [2.05, 4.69) is 40.0 Å². The summed E-state index contributed by atoms with van der Waals surface area (Å²) in [4.78, 5) is 37.9. The topological polar surface area (TPSA) is 100 Å². The molecule has 1 saturated heterocycles. The molecule has 0 atom stereocenters. The third kappa shape index (κ3) is 4.20. The highest BCUT2D eigenvalue weighted by atomic mass is 16.1. The summed E-state index contributed by atoms with van der Waals surface area (Å²) in [5.41, 5.74) is 1.14. The van der Waals surface area contributed by atoms with Crippen molar-refractivity contribution in [1.29, 1.82) is 0 Å². The molecule has 0 unspecified atom stereocenters. The Morgan fingerprint density at radius 1 is 0.893 bits per heavy atom. The van der Waals surface area contributed by atoms with Gasteiger partial charge in [0.25, 0.3) is 5.91 Å². The van der Waals surface area contributed by atoms with Crippen molar-refractivity contribution in [2.75, 3.05) is 36.0 Å². The van der Waals surface area contributed by atoms with Crippen LogP contribution in [0.15, 0.2) is 55.2 Å². The summed E-state index contributed by atoms with van der Waals surface area (Å²) in [6.45, 7) is 3.47. The predicted molar refractivity (Wildman–Crippen MR) is 104 cm³/mol. The SMILES string of the molecule is O=C(NCc1ccccn1)c1cc(N2CCN(c3ncccn3)CC2)ncn1. The van der Waals surface area contributed by atoms with E-state index in [1.165, 1.54) is 6.33 Å². The Balaban J connectivity index is 1.37. The van der Waals surface area contributed by atoms with E-state index < -0.39 is 0 Å². The summed E-state index contributed by atoms with van der Waals surface area (Å²) in [6.07, 6.45) is 6.62. The number of anilines is 2. The number of hydrogen-bond acceptors (Lipinski definition) is 8.